The van der Waals surface area contributed by atoms with Gasteiger partial charge in [0, 0.05) is 12.5 Å². The number of aromatic nitrogens is 1. The monoisotopic (exact) mass is 301 g/mol. The van der Waals surface area contributed by atoms with Gasteiger partial charge in [-0.1, -0.05) is 0 Å². The van der Waals surface area contributed by atoms with Gasteiger partial charge >= 0.3 is 0 Å². The lowest BCUT2D eigenvalue weighted by molar-refractivity contribution is -0.254. The van der Waals surface area contributed by atoms with E-state index in [-0.39, 0.29) is 5.69 Å². The second-order valence-corrected chi connectivity index (χ2v) is 5.12. The Morgan fingerprint density at radius 2 is 2.30 bits per heavy atom. The van der Waals surface area contributed by atoms with Crippen LogP contribution >= 0.6 is 11.3 Å². The third kappa shape index (κ3) is 2.90. The molecule has 1 aliphatic rings. The van der Waals surface area contributed by atoms with E-state index in [0.717, 1.165) is 0 Å². The summed E-state index contributed by atoms with van der Waals surface area (Å²) < 4.78 is 10.5. The Balaban J connectivity index is 2.13. The van der Waals surface area contributed by atoms with E-state index in [1.54, 1.807) is 5.38 Å². The molecule has 0 radical (unpaired) electrons. The summed E-state index contributed by atoms with van der Waals surface area (Å²) in [6, 6.07) is 1.13. The predicted octanol–water partition coefficient (Wildman–Crippen LogP) is -1.12. The van der Waals surface area contributed by atoms with Crippen LogP contribution in [0.25, 0.3) is 0 Å². The summed E-state index contributed by atoms with van der Waals surface area (Å²) in [6.45, 7) is -0.430. The van der Waals surface area contributed by atoms with Crippen LogP contribution < -0.4 is 5.32 Å². The summed E-state index contributed by atoms with van der Waals surface area (Å²) in [5, 5.41) is 42.6. The molecule has 0 unspecified atom stereocenters. The maximum absolute atomic E-state index is 10.1. The number of aliphatic hydroxyl groups excluding tert-OH is 3. The Kier molecular flexibility index (Phi) is 4.87. The first-order valence-electron chi connectivity index (χ1n) is 5.88. The SMILES string of the molecule is CO[C@@H]1O[C@H](CO)[C@H](O)[C@H](O)[C@H]1Nc1nc(C#N)cs1. The quantitative estimate of drug-likeness (QED) is 0.550. The molecule has 5 atom stereocenters. The first-order chi connectivity index (χ1) is 9.60. The van der Waals surface area contributed by atoms with Crippen LogP contribution in [0.1, 0.15) is 5.69 Å². The molecule has 0 aliphatic carbocycles. The molecular formula is C11H15N3O5S. The van der Waals surface area contributed by atoms with E-state index in [1.165, 1.54) is 18.4 Å². The minimum atomic E-state index is -1.25. The zero-order valence-corrected chi connectivity index (χ0v) is 11.4. The molecule has 20 heavy (non-hydrogen) atoms. The van der Waals surface area contributed by atoms with Gasteiger partial charge in [0.2, 0.25) is 0 Å². The lowest BCUT2D eigenvalue weighted by Crippen LogP contribution is -2.61. The van der Waals surface area contributed by atoms with Crippen LogP contribution in [0.4, 0.5) is 5.13 Å². The molecule has 4 N–H and O–H groups in total. The van der Waals surface area contributed by atoms with Gasteiger partial charge in [-0.25, -0.2) is 4.98 Å². The summed E-state index contributed by atoms with van der Waals surface area (Å²) in [4.78, 5) is 3.98. The van der Waals surface area contributed by atoms with Crippen molar-refractivity contribution < 1.29 is 24.8 Å². The van der Waals surface area contributed by atoms with Crippen molar-refractivity contribution in [2.75, 3.05) is 19.0 Å². The second kappa shape index (κ2) is 6.45. The Hall–Kier alpha value is -1.28. The molecule has 1 aromatic rings. The Morgan fingerprint density at radius 1 is 1.55 bits per heavy atom. The molecule has 0 bridgehead atoms. The molecule has 0 spiro atoms. The van der Waals surface area contributed by atoms with Gasteiger partial charge in [-0.15, -0.1) is 11.3 Å². The van der Waals surface area contributed by atoms with Crippen LogP contribution in [0.2, 0.25) is 0 Å². The van der Waals surface area contributed by atoms with E-state index in [4.69, 9.17) is 19.8 Å². The number of methoxy groups -OCH3 is 1. The number of nitrogens with one attached hydrogen (secondary N) is 1. The number of rotatable bonds is 4. The van der Waals surface area contributed by atoms with Gasteiger partial charge in [0.25, 0.3) is 0 Å². The summed E-state index contributed by atoms with van der Waals surface area (Å²) in [5.41, 5.74) is 0.256. The lowest BCUT2D eigenvalue weighted by atomic mass is 9.97. The van der Waals surface area contributed by atoms with Crippen LogP contribution in [-0.2, 0) is 9.47 Å². The van der Waals surface area contributed by atoms with E-state index in [2.05, 4.69) is 10.3 Å². The maximum atomic E-state index is 10.1. The Bertz CT molecular complexity index is 489. The molecule has 9 heteroatoms. The van der Waals surface area contributed by atoms with Gasteiger partial charge in [-0.3, -0.25) is 0 Å². The second-order valence-electron chi connectivity index (χ2n) is 4.26. The number of nitrogens with zero attached hydrogens (tertiary/aromatic N) is 2. The average molecular weight is 301 g/mol. The van der Waals surface area contributed by atoms with Crippen LogP contribution in [0.5, 0.6) is 0 Å². The molecular weight excluding hydrogens is 286 g/mol. The highest BCUT2D eigenvalue weighted by molar-refractivity contribution is 7.13. The van der Waals surface area contributed by atoms with Gasteiger partial charge in [-0.2, -0.15) is 5.26 Å². The van der Waals surface area contributed by atoms with Gasteiger partial charge in [-0.05, 0) is 0 Å². The number of ether oxygens (including phenoxy) is 2. The van der Waals surface area contributed by atoms with Crippen LogP contribution in [0.15, 0.2) is 5.38 Å². The highest BCUT2D eigenvalue weighted by atomic mass is 32.1. The zero-order chi connectivity index (χ0) is 14.7. The van der Waals surface area contributed by atoms with Crippen molar-refractivity contribution in [2.45, 2.75) is 30.6 Å². The summed E-state index contributed by atoms with van der Waals surface area (Å²) in [6.07, 6.45) is -4.24. The average Bonchev–Trinajstić information content (AvgIpc) is 2.92. The maximum Gasteiger partial charge on any atom is 0.184 e. The fourth-order valence-corrected chi connectivity index (χ4v) is 2.66. The molecule has 0 saturated carbocycles. The van der Waals surface area contributed by atoms with Gasteiger partial charge in [0.15, 0.2) is 17.1 Å². The summed E-state index contributed by atoms with van der Waals surface area (Å²) in [5.74, 6) is 0. The van der Waals surface area contributed by atoms with E-state index in [0.29, 0.717) is 5.13 Å². The van der Waals surface area contributed by atoms with Crippen LogP contribution in [0, 0.1) is 11.3 Å². The molecule has 8 nitrogen and oxygen atoms in total. The fourth-order valence-electron chi connectivity index (χ4n) is 1.97. The fraction of sp³-hybridized carbons (Fsp3) is 0.636. The van der Waals surface area contributed by atoms with Crippen molar-refractivity contribution in [3.63, 3.8) is 0 Å². The van der Waals surface area contributed by atoms with Crippen molar-refractivity contribution in [3.8, 4) is 6.07 Å². The van der Waals surface area contributed by atoms with Crippen molar-refractivity contribution in [3.05, 3.63) is 11.1 Å². The zero-order valence-electron chi connectivity index (χ0n) is 10.6. The smallest absolute Gasteiger partial charge is 0.184 e. The molecule has 2 rings (SSSR count). The molecule has 1 aliphatic heterocycles. The van der Waals surface area contributed by atoms with E-state index < -0.39 is 37.3 Å². The van der Waals surface area contributed by atoms with Crippen molar-refractivity contribution >= 4 is 16.5 Å². The van der Waals surface area contributed by atoms with E-state index in [9.17, 15) is 10.2 Å². The molecule has 1 fully saturated rings. The lowest BCUT2D eigenvalue weighted by Gasteiger charge is -2.41. The normalized spacial score (nSPS) is 33.6. The standard InChI is InChI=1S/C11H15N3O5S/c1-18-10-7(9(17)8(16)6(3-15)19-10)14-11-13-5(2-12)4-20-11/h4,6-10,15-17H,3H2,1H3,(H,13,14)/t6-,7-,8+,9-,10-/m1/s1. The Labute approximate surface area is 119 Å². The molecule has 110 valence electrons. The summed E-state index contributed by atoms with van der Waals surface area (Å²) >= 11 is 1.19. The van der Waals surface area contributed by atoms with Crippen LogP contribution in [0.3, 0.4) is 0 Å². The third-order valence-corrected chi connectivity index (χ3v) is 3.80. The number of nitriles is 1. The van der Waals surface area contributed by atoms with Crippen LogP contribution in [-0.4, -0.2) is 64.7 Å². The number of aliphatic hydroxyl groups is 3. The molecule has 2 heterocycles. The Morgan fingerprint density at radius 3 is 2.85 bits per heavy atom. The molecule has 1 aromatic heterocycles. The minimum Gasteiger partial charge on any atom is -0.394 e. The third-order valence-electron chi connectivity index (χ3n) is 3.02. The highest BCUT2D eigenvalue weighted by Gasteiger charge is 2.44. The first kappa shape index (κ1) is 15.1. The predicted molar refractivity (Wildman–Crippen MR) is 69.0 cm³/mol. The topological polar surface area (TPSA) is 128 Å². The number of anilines is 1. The number of hydrogen-bond acceptors (Lipinski definition) is 9. The largest absolute Gasteiger partial charge is 0.394 e. The molecule has 0 aromatic carbocycles. The number of thiazole rings is 1. The number of hydrogen-bond donors (Lipinski definition) is 4. The summed E-state index contributed by atoms with van der Waals surface area (Å²) in [7, 11) is 1.39. The highest BCUT2D eigenvalue weighted by Crippen LogP contribution is 2.26. The van der Waals surface area contributed by atoms with Crippen molar-refractivity contribution in [1.29, 1.82) is 5.26 Å². The van der Waals surface area contributed by atoms with E-state index in [1.807, 2.05) is 6.07 Å². The van der Waals surface area contributed by atoms with Crippen molar-refractivity contribution in [2.24, 2.45) is 0 Å². The van der Waals surface area contributed by atoms with Gasteiger partial charge in [0.05, 0.1) is 6.61 Å². The first-order valence-corrected chi connectivity index (χ1v) is 6.76. The van der Waals surface area contributed by atoms with Crippen molar-refractivity contribution in [1.82, 2.24) is 4.98 Å². The molecule has 0 amide bonds. The van der Waals surface area contributed by atoms with E-state index >= 15 is 0 Å². The molecule has 1 saturated heterocycles. The van der Waals surface area contributed by atoms with Gasteiger partial charge in [0.1, 0.15) is 30.4 Å². The minimum absolute atomic E-state index is 0.256. The van der Waals surface area contributed by atoms with Gasteiger partial charge < -0.3 is 30.1 Å².